The minimum absolute atomic E-state index is 0.200. The van der Waals surface area contributed by atoms with E-state index in [1.807, 2.05) is 20.0 Å². The molecule has 2 aromatic heterocycles. The van der Waals surface area contributed by atoms with E-state index in [0.717, 1.165) is 27.2 Å². The van der Waals surface area contributed by atoms with Crippen LogP contribution in [0.4, 0.5) is 5.69 Å². The number of anilines is 1. The smallest absolute Gasteiger partial charge is 0.109 e. The summed E-state index contributed by atoms with van der Waals surface area (Å²) in [7, 11) is 0. The van der Waals surface area contributed by atoms with Crippen LogP contribution in [-0.2, 0) is 0 Å². The van der Waals surface area contributed by atoms with Gasteiger partial charge in [-0.05, 0) is 79.4 Å². The Morgan fingerprint density at radius 2 is 1.80 bits per heavy atom. The fraction of sp³-hybridized carbons (Fsp3) is 0.375. The second kappa shape index (κ2) is 5.92. The number of pyridine rings is 2. The summed E-state index contributed by atoms with van der Waals surface area (Å²) in [6.45, 7) is 10.4. The SMILES string of the molecule is Cc1cc(C)c(C(C)Nc2cnc(Br)c(C)c2)c(C)n1. The monoisotopic (exact) mass is 333 g/mol. The maximum Gasteiger partial charge on any atom is 0.109 e. The first-order valence-corrected chi connectivity index (χ1v) is 7.51. The number of nitrogens with zero attached hydrogens (tertiary/aromatic N) is 2. The summed E-state index contributed by atoms with van der Waals surface area (Å²) in [6, 6.07) is 4.43. The first kappa shape index (κ1) is 15.0. The highest BCUT2D eigenvalue weighted by atomic mass is 79.9. The molecule has 0 radical (unpaired) electrons. The second-order valence-corrected chi connectivity index (χ2v) is 6.03. The molecule has 2 rings (SSSR count). The first-order valence-electron chi connectivity index (χ1n) is 6.72. The van der Waals surface area contributed by atoms with Gasteiger partial charge in [0, 0.05) is 11.4 Å². The zero-order chi connectivity index (χ0) is 14.9. The molecule has 20 heavy (non-hydrogen) atoms. The molecule has 0 spiro atoms. The number of hydrogen-bond acceptors (Lipinski definition) is 3. The molecule has 2 aromatic rings. The Morgan fingerprint density at radius 3 is 2.40 bits per heavy atom. The highest BCUT2D eigenvalue weighted by Crippen LogP contribution is 2.26. The lowest BCUT2D eigenvalue weighted by molar-refractivity contribution is 0.841. The average molecular weight is 334 g/mol. The quantitative estimate of drug-likeness (QED) is 0.831. The molecule has 0 fully saturated rings. The molecule has 0 bridgehead atoms. The van der Waals surface area contributed by atoms with Crippen LogP contribution in [0, 0.1) is 27.7 Å². The number of halogens is 1. The van der Waals surface area contributed by atoms with Crippen LogP contribution in [0.5, 0.6) is 0 Å². The van der Waals surface area contributed by atoms with E-state index < -0.39 is 0 Å². The zero-order valence-corrected chi connectivity index (χ0v) is 14.2. The van der Waals surface area contributed by atoms with Crippen molar-refractivity contribution in [3.8, 4) is 0 Å². The number of hydrogen-bond donors (Lipinski definition) is 1. The Labute approximate surface area is 129 Å². The second-order valence-electron chi connectivity index (χ2n) is 5.28. The Morgan fingerprint density at radius 1 is 1.10 bits per heavy atom. The summed E-state index contributed by atoms with van der Waals surface area (Å²) in [6.07, 6.45) is 1.85. The molecular weight excluding hydrogens is 314 g/mol. The molecule has 0 saturated heterocycles. The van der Waals surface area contributed by atoms with E-state index in [4.69, 9.17) is 0 Å². The summed E-state index contributed by atoms with van der Waals surface area (Å²) < 4.78 is 0.889. The molecule has 0 saturated carbocycles. The first-order chi connectivity index (χ1) is 9.38. The van der Waals surface area contributed by atoms with Crippen molar-refractivity contribution >= 4 is 21.6 Å². The third-order valence-electron chi connectivity index (χ3n) is 3.41. The molecule has 0 aromatic carbocycles. The number of nitrogens with one attached hydrogen (secondary N) is 1. The van der Waals surface area contributed by atoms with E-state index in [1.54, 1.807) is 0 Å². The van der Waals surface area contributed by atoms with Crippen LogP contribution >= 0.6 is 15.9 Å². The summed E-state index contributed by atoms with van der Waals surface area (Å²) in [5.41, 5.74) is 6.84. The van der Waals surface area contributed by atoms with E-state index in [0.29, 0.717) is 0 Å². The fourth-order valence-electron chi connectivity index (χ4n) is 2.65. The largest absolute Gasteiger partial charge is 0.377 e. The van der Waals surface area contributed by atoms with Crippen molar-refractivity contribution in [2.75, 3.05) is 5.32 Å². The van der Waals surface area contributed by atoms with Gasteiger partial charge in [-0.1, -0.05) is 0 Å². The van der Waals surface area contributed by atoms with Gasteiger partial charge in [0.05, 0.1) is 17.9 Å². The van der Waals surface area contributed by atoms with Gasteiger partial charge in [-0.15, -0.1) is 0 Å². The van der Waals surface area contributed by atoms with Gasteiger partial charge in [0.1, 0.15) is 4.60 Å². The van der Waals surface area contributed by atoms with Gasteiger partial charge < -0.3 is 5.32 Å². The summed E-state index contributed by atoms with van der Waals surface area (Å²) in [4.78, 5) is 8.89. The summed E-state index contributed by atoms with van der Waals surface area (Å²) in [5.74, 6) is 0. The van der Waals surface area contributed by atoms with Crippen LogP contribution in [0.3, 0.4) is 0 Å². The minimum atomic E-state index is 0.200. The highest BCUT2D eigenvalue weighted by molar-refractivity contribution is 9.10. The molecule has 0 amide bonds. The molecule has 2 heterocycles. The lowest BCUT2D eigenvalue weighted by Gasteiger charge is -2.20. The lowest BCUT2D eigenvalue weighted by Crippen LogP contribution is -2.12. The third kappa shape index (κ3) is 3.18. The van der Waals surface area contributed by atoms with Gasteiger partial charge in [0.25, 0.3) is 0 Å². The van der Waals surface area contributed by atoms with Crippen LogP contribution in [0.25, 0.3) is 0 Å². The van der Waals surface area contributed by atoms with E-state index in [1.165, 1.54) is 11.1 Å². The maximum absolute atomic E-state index is 4.57. The number of aryl methyl sites for hydroxylation is 4. The predicted molar refractivity (Wildman–Crippen MR) is 87.2 cm³/mol. The van der Waals surface area contributed by atoms with Gasteiger partial charge in [0.2, 0.25) is 0 Å². The molecule has 1 unspecified atom stereocenters. The van der Waals surface area contributed by atoms with Crippen molar-refractivity contribution in [2.45, 2.75) is 40.7 Å². The number of aromatic nitrogens is 2. The average Bonchev–Trinajstić information content (AvgIpc) is 2.32. The van der Waals surface area contributed by atoms with Crippen molar-refractivity contribution in [1.82, 2.24) is 9.97 Å². The van der Waals surface area contributed by atoms with Crippen molar-refractivity contribution in [3.05, 3.63) is 51.0 Å². The summed E-state index contributed by atoms with van der Waals surface area (Å²) >= 11 is 3.42. The topological polar surface area (TPSA) is 37.8 Å². The van der Waals surface area contributed by atoms with Crippen LogP contribution in [0.1, 0.15) is 41.0 Å². The van der Waals surface area contributed by atoms with Crippen molar-refractivity contribution in [1.29, 1.82) is 0 Å². The van der Waals surface area contributed by atoms with Crippen molar-refractivity contribution < 1.29 is 0 Å². The molecule has 106 valence electrons. The van der Waals surface area contributed by atoms with Crippen molar-refractivity contribution in [2.24, 2.45) is 0 Å². The predicted octanol–water partition coefficient (Wildman–Crippen LogP) is 4.65. The standard InChI is InChI=1S/C16H20BrN3/c1-9-6-11(3)19-12(4)15(9)13(5)20-14-7-10(2)16(17)18-8-14/h6-8,13,20H,1-5H3. The van der Waals surface area contributed by atoms with Crippen molar-refractivity contribution in [3.63, 3.8) is 0 Å². The fourth-order valence-corrected chi connectivity index (χ4v) is 2.86. The lowest BCUT2D eigenvalue weighted by atomic mass is 10.0. The normalized spacial score (nSPS) is 12.3. The van der Waals surface area contributed by atoms with E-state index in [-0.39, 0.29) is 6.04 Å². The maximum atomic E-state index is 4.57. The Hall–Kier alpha value is -1.42. The zero-order valence-electron chi connectivity index (χ0n) is 12.6. The molecule has 3 nitrogen and oxygen atoms in total. The Balaban J connectivity index is 2.28. The molecule has 0 aliphatic rings. The molecule has 1 N–H and O–H groups in total. The van der Waals surface area contributed by atoms with Crippen LogP contribution in [-0.4, -0.2) is 9.97 Å². The van der Waals surface area contributed by atoms with Gasteiger partial charge in [-0.25, -0.2) is 4.98 Å². The molecule has 1 atom stereocenters. The Bertz CT molecular complexity index is 615. The minimum Gasteiger partial charge on any atom is -0.377 e. The van der Waals surface area contributed by atoms with Crippen LogP contribution < -0.4 is 5.32 Å². The van der Waals surface area contributed by atoms with Gasteiger partial charge in [-0.3, -0.25) is 4.98 Å². The van der Waals surface area contributed by atoms with E-state index in [9.17, 15) is 0 Å². The molecule has 4 heteroatoms. The molecule has 0 aliphatic heterocycles. The van der Waals surface area contributed by atoms with Crippen LogP contribution in [0.2, 0.25) is 0 Å². The molecular formula is C16H20BrN3. The molecule has 0 aliphatic carbocycles. The number of rotatable bonds is 3. The van der Waals surface area contributed by atoms with Gasteiger partial charge in [-0.2, -0.15) is 0 Å². The van der Waals surface area contributed by atoms with E-state index >= 15 is 0 Å². The summed E-state index contributed by atoms with van der Waals surface area (Å²) in [5, 5.41) is 3.50. The van der Waals surface area contributed by atoms with Gasteiger partial charge in [0.15, 0.2) is 0 Å². The van der Waals surface area contributed by atoms with Crippen LogP contribution in [0.15, 0.2) is 22.9 Å². The Kier molecular flexibility index (Phi) is 4.43. The third-order valence-corrected chi connectivity index (χ3v) is 4.24. The van der Waals surface area contributed by atoms with E-state index in [2.05, 4.69) is 64.1 Å². The highest BCUT2D eigenvalue weighted by Gasteiger charge is 2.13. The van der Waals surface area contributed by atoms with Gasteiger partial charge >= 0.3 is 0 Å².